The van der Waals surface area contributed by atoms with Crippen molar-refractivity contribution in [2.75, 3.05) is 18.5 Å². The van der Waals surface area contributed by atoms with Gasteiger partial charge in [0, 0.05) is 0 Å². The quantitative estimate of drug-likeness (QED) is 0.714. The standard InChI is InChI=1S/C19H20N2O3S/c1-4-23-15-6-5-7-16-18(15)21-19(25-16)20-17(22)11-24-14-9-8-12(2)10-13(14)3/h5-10H,4,11H2,1-3H3,(H,20,21,22). The molecule has 130 valence electrons. The van der Waals surface area contributed by atoms with Crippen LogP contribution in [0.25, 0.3) is 10.2 Å². The Morgan fingerprint density at radius 2 is 2.00 bits per heavy atom. The summed E-state index contributed by atoms with van der Waals surface area (Å²) in [7, 11) is 0. The Kier molecular flexibility index (Phi) is 5.19. The van der Waals surface area contributed by atoms with Crippen LogP contribution in [0.2, 0.25) is 0 Å². The summed E-state index contributed by atoms with van der Waals surface area (Å²) in [4.78, 5) is 16.6. The van der Waals surface area contributed by atoms with Gasteiger partial charge in [-0.25, -0.2) is 4.98 Å². The van der Waals surface area contributed by atoms with Gasteiger partial charge in [0.15, 0.2) is 11.7 Å². The number of thiazole rings is 1. The predicted molar refractivity (Wildman–Crippen MR) is 101 cm³/mol. The number of carbonyl (C=O) groups is 1. The fraction of sp³-hybridized carbons (Fsp3) is 0.263. The molecular formula is C19H20N2O3S. The van der Waals surface area contributed by atoms with E-state index in [1.54, 1.807) is 0 Å². The number of hydrogen-bond donors (Lipinski definition) is 1. The van der Waals surface area contributed by atoms with E-state index in [0.717, 1.165) is 27.1 Å². The van der Waals surface area contributed by atoms with Crippen molar-refractivity contribution in [2.24, 2.45) is 0 Å². The Labute approximate surface area is 150 Å². The van der Waals surface area contributed by atoms with E-state index in [-0.39, 0.29) is 12.5 Å². The second kappa shape index (κ2) is 7.53. The summed E-state index contributed by atoms with van der Waals surface area (Å²) in [5.41, 5.74) is 2.93. The molecule has 1 heterocycles. The summed E-state index contributed by atoms with van der Waals surface area (Å²) in [6.45, 7) is 6.43. The van der Waals surface area contributed by atoms with Crippen LogP contribution in [0, 0.1) is 13.8 Å². The SMILES string of the molecule is CCOc1cccc2sc(NC(=O)COc3ccc(C)cc3C)nc12. The lowest BCUT2D eigenvalue weighted by atomic mass is 10.1. The molecule has 0 aliphatic rings. The van der Waals surface area contributed by atoms with Gasteiger partial charge in [0.2, 0.25) is 0 Å². The minimum absolute atomic E-state index is 0.0574. The number of nitrogens with zero attached hydrogens (tertiary/aromatic N) is 1. The number of nitrogens with one attached hydrogen (secondary N) is 1. The van der Waals surface area contributed by atoms with E-state index >= 15 is 0 Å². The van der Waals surface area contributed by atoms with E-state index in [4.69, 9.17) is 9.47 Å². The number of aromatic nitrogens is 1. The number of carbonyl (C=O) groups excluding carboxylic acids is 1. The first-order chi connectivity index (χ1) is 12.1. The van der Waals surface area contributed by atoms with Gasteiger partial charge in [-0.05, 0) is 44.5 Å². The molecule has 0 aliphatic heterocycles. The van der Waals surface area contributed by atoms with Gasteiger partial charge in [0.05, 0.1) is 11.3 Å². The molecule has 0 unspecified atom stereocenters. The molecule has 1 amide bonds. The predicted octanol–water partition coefficient (Wildman–Crippen LogP) is 4.33. The Morgan fingerprint density at radius 1 is 1.16 bits per heavy atom. The average molecular weight is 356 g/mol. The van der Waals surface area contributed by atoms with Gasteiger partial charge in [-0.15, -0.1) is 0 Å². The molecule has 0 saturated heterocycles. The van der Waals surface area contributed by atoms with E-state index in [1.165, 1.54) is 11.3 Å². The van der Waals surface area contributed by atoms with E-state index in [2.05, 4.69) is 10.3 Å². The van der Waals surface area contributed by atoms with Crippen molar-refractivity contribution in [3.8, 4) is 11.5 Å². The molecule has 6 heteroatoms. The van der Waals surface area contributed by atoms with Gasteiger partial charge in [0.1, 0.15) is 17.0 Å². The fourth-order valence-electron chi connectivity index (χ4n) is 2.51. The Balaban J connectivity index is 1.66. The molecule has 0 spiro atoms. The summed E-state index contributed by atoms with van der Waals surface area (Å²) in [5.74, 6) is 1.20. The molecule has 2 aromatic carbocycles. The molecule has 3 rings (SSSR count). The third-order valence-corrected chi connectivity index (χ3v) is 4.55. The molecule has 1 aromatic heterocycles. The Hall–Kier alpha value is -2.60. The zero-order chi connectivity index (χ0) is 17.8. The number of anilines is 1. The van der Waals surface area contributed by atoms with Crippen molar-refractivity contribution < 1.29 is 14.3 Å². The first-order valence-corrected chi connectivity index (χ1v) is 8.90. The van der Waals surface area contributed by atoms with Gasteiger partial charge >= 0.3 is 0 Å². The van der Waals surface area contributed by atoms with Crippen LogP contribution in [0.15, 0.2) is 36.4 Å². The third-order valence-electron chi connectivity index (χ3n) is 3.62. The molecule has 0 bridgehead atoms. The second-order valence-electron chi connectivity index (χ2n) is 5.66. The summed E-state index contributed by atoms with van der Waals surface area (Å²) in [5, 5.41) is 3.33. The minimum atomic E-state index is -0.239. The first kappa shape index (κ1) is 17.2. The fourth-order valence-corrected chi connectivity index (χ4v) is 3.41. The number of aryl methyl sites for hydroxylation is 2. The van der Waals surface area contributed by atoms with Gasteiger partial charge in [0.25, 0.3) is 5.91 Å². The van der Waals surface area contributed by atoms with E-state index in [9.17, 15) is 4.79 Å². The molecule has 1 N–H and O–H groups in total. The topological polar surface area (TPSA) is 60.5 Å². The largest absolute Gasteiger partial charge is 0.492 e. The van der Waals surface area contributed by atoms with Crippen molar-refractivity contribution in [1.82, 2.24) is 4.98 Å². The molecule has 0 aliphatic carbocycles. The summed E-state index contributed by atoms with van der Waals surface area (Å²) in [6, 6.07) is 11.6. The van der Waals surface area contributed by atoms with Crippen LogP contribution in [0.1, 0.15) is 18.1 Å². The maximum Gasteiger partial charge on any atom is 0.264 e. The van der Waals surface area contributed by atoms with Gasteiger partial charge in [-0.1, -0.05) is 35.1 Å². The van der Waals surface area contributed by atoms with Gasteiger partial charge in [-0.2, -0.15) is 0 Å². The smallest absolute Gasteiger partial charge is 0.264 e. The second-order valence-corrected chi connectivity index (χ2v) is 6.69. The molecule has 0 saturated carbocycles. The molecule has 0 atom stereocenters. The Bertz CT molecular complexity index is 905. The highest BCUT2D eigenvalue weighted by atomic mass is 32.1. The van der Waals surface area contributed by atoms with Gasteiger partial charge in [-0.3, -0.25) is 10.1 Å². The van der Waals surface area contributed by atoms with Crippen molar-refractivity contribution in [3.05, 3.63) is 47.5 Å². The van der Waals surface area contributed by atoms with Crippen LogP contribution in [0.3, 0.4) is 0 Å². The van der Waals surface area contributed by atoms with Crippen LogP contribution >= 0.6 is 11.3 Å². The number of amides is 1. The van der Waals surface area contributed by atoms with Crippen molar-refractivity contribution in [2.45, 2.75) is 20.8 Å². The molecule has 3 aromatic rings. The zero-order valence-electron chi connectivity index (χ0n) is 14.5. The van der Waals surface area contributed by atoms with Crippen LogP contribution in [-0.2, 0) is 4.79 Å². The van der Waals surface area contributed by atoms with Crippen LogP contribution in [-0.4, -0.2) is 24.1 Å². The average Bonchev–Trinajstić information content (AvgIpc) is 2.97. The molecular weight excluding hydrogens is 336 g/mol. The maximum absolute atomic E-state index is 12.2. The van der Waals surface area contributed by atoms with Crippen LogP contribution < -0.4 is 14.8 Å². The molecule has 25 heavy (non-hydrogen) atoms. The number of para-hydroxylation sites is 1. The summed E-state index contributed by atoms with van der Waals surface area (Å²) >= 11 is 1.41. The summed E-state index contributed by atoms with van der Waals surface area (Å²) < 4.78 is 12.1. The number of rotatable bonds is 6. The van der Waals surface area contributed by atoms with Crippen LogP contribution in [0.4, 0.5) is 5.13 Å². The Morgan fingerprint density at radius 3 is 2.76 bits per heavy atom. The monoisotopic (exact) mass is 356 g/mol. The highest BCUT2D eigenvalue weighted by Crippen LogP contribution is 2.32. The number of benzene rings is 2. The number of fused-ring (bicyclic) bond motifs is 1. The van der Waals surface area contributed by atoms with Crippen molar-refractivity contribution >= 4 is 32.6 Å². The molecule has 0 fully saturated rings. The van der Waals surface area contributed by atoms with E-state index in [0.29, 0.717) is 17.5 Å². The minimum Gasteiger partial charge on any atom is -0.492 e. The number of ether oxygens (including phenoxy) is 2. The normalized spacial score (nSPS) is 10.7. The zero-order valence-corrected chi connectivity index (χ0v) is 15.3. The van der Waals surface area contributed by atoms with Crippen LogP contribution in [0.5, 0.6) is 11.5 Å². The summed E-state index contributed by atoms with van der Waals surface area (Å²) in [6.07, 6.45) is 0. The lowest BCUT2D eigenvalue weighted by Crippen LogP contribution is -2.20. The van der Waals surface area contributed by atoms with E-state index < -0.39 is 0 Å². The molecule has 5 nitrogen and oxygen atoms in total. The highest BCUT2D eigenvalue weighted by molar-refractivity contribution is 7.22. The highest BCUT2D eigenvalue weighted by Gasteiger charge is 2.12. The van der Waals surface area contributed by atoms with Gasteiger partial charge < -0.3 is 9.47 Å². The number of hydrogen-bond acceptors (Lipinski definition) is 5. The van der Waals surface area contributed by atoms with Crippen molar-refractivity contribution in [1.29, 1.82) is 0 Å². The maximum atomic E-state index is 12.2. The third kappa shape index (κ3) is 4.09. The molecule has 0 radical (unpaired) electrons. The lowest BCUT2D eigenvalue weighted by Gasteiger charge is -2.09. The lowest BCUT2D eigenvalue weighted by molar-refractivity contribution is -0.118. The van der Waals surface area contributed by atoms with Crippen molar-refractivity contribution in [3.63, 3.8) is 0 Å². The van der Waals surface area contributed by atoms with E-state index in [1.807, 2.05) is 57.2 Å². The first-order valence-electron chi connectivity index (χ1n) is 8.09.